The van der Waals surface area contributed by atoms with Crippen LogP contribution >= 0.6 is 15.9 Å². The number of esters is 2. The van der Waals surface area contributed by atoms with Crippen LogP contribution in [0.15, 0.2) is 6.07 Å². The van der Waals surface area contributed by atoms with Crippen LogP contribution in [0.1, 0.15) is 46.7 Å². The molecule has 0 N–H and O–H groups in total. The second-order valence-corrected chi connectivity index (χ2v) is 4.70. The molecule has 18 heavy (non-hydrogen) atoms. The number of ether oxygens (including phenoxy) is 2. The normalized spacial score (nSPS) is 12.0. The molecular weight excluding hydrogens is 304 g/mol. The highest BCUT2D eigenvalue weighted by atomic mass is 79.9. The minimum absolute atomic E-state index is 0.0891. The molecule has 0 bridgehead atoms. The van der Waals surface area contributed by atoms with Gasteiger partial charge in [0.2, 0.25) is 0 Å². The summed E-state index contributed by atoms with van der Waals surface area (Å²) in [5.74, 6) is -1.08. The smallest absolute Gasteiger partial charge is 0.358 e. The van der Waals surface area contributed by atoms with Gasteiger partial charge in [0, 0.05) is 6.07 Å². The molecule has 0 aliphatic heterocycles. The van der Waals surface area contributed by atoms with Crippen LogP contribution in [0.5, 0.6) is 0 Å². The van der Waals surface area contributed by atoms with Crippen molar-refractivity contribution in [3.63, 3.8) is 0 Å². The Morgan fingerprint density at radius 1 is 1.33 bits per heavy atom. The minimum Gasteiger partial charge on any atom is -0.461 e. The second kappa shape index (κ2) is 6.53. The third kappa shape index (κ3) is 3.32. The van der Waals surface area contributed by atoms with Crippen LogP contribution in [0.2, 0.25) is 0 Å². The van der Waals surface area contributed by atoms with Crippen molar-refractivity contribution < 1.29 is 19.1 Å². The fourth-order valence-corrected chi connectivity index (χ4v) is 1.64. The summed E-state index contributed by atoms with van der Waals surface area (Å²) in [5.41, 5.74) is 0.301. The van der Waals surface area contributed by atoms with Crippen molar-refractivity contribution in [2.75, 3.05) is 13.2 Å². The highest BCUT2D eigenvalue weighted by molar-refractivity contribution is 9.09. The molecule has 0 amide bonds. The minimum atomic E-state index is -0.560. The number of carbonyl (C=O) groups is 2. The standard InChI is InChI=1S/C11H15BrN2O4/c1-4-17-10(15)8-6-9(11(16)18-5-2)14(13-8)7(3)12/h6-7H,4-5H2,1-3H3. The van der Waals surface area contributed by atoms with E-state index in [2.05, 4.69) is 21.0 Å². The van der Waals surface area contributed by atoms with Crippen molar-refractivity contribution >= 4 is 27.9 Å². The molecule has 0 spiro atoms. The Morgan fingerprint density at radius 3 is 2.39 bits per heavy atom. The fraction of sp³-hybridized carbons (Fsp3) is 0.545. The molecule has 0 radical (unpaired) electrons. The first-order valence-corrected chi connectivity index (χ1v) is 6.50. The Bertz CT molecular complexity index is 442. The molecule has 0 aliphatic rings. The second-order valence-electron chi connectivity index (χ2n) is 3.37. The van der Waals surface area contributed by atoms with Crippen LogP contribution in [0.25, 0.3) is 0 Å². The summed E-state index contributed by atoms with van der Waals surface area (Å²) in [7, 11) is 0. The quantitative estimate of drug-likeness (QED) is 0.614. The third-order valence-electron chi connectivity index (χ3n) is 2.04. The number of rotatable bonds is 5. The van der Waals surface area contributed by atoms with Gasteiger partial charge in [0.15, 0.2) is 5.69 Å². The van der Waals surface area contributed by atoms with Crippen LogP contribution in [0, 0.1) is 0 Å². The van der Waals surface area contributed by atoms with E-state index in [-0.39, 0.29) is 29.6 Å². The Kier molecular flexibility index (Phi) is 5.33. The summed E-state index contributed by atoms with van der Waals surface area (Å²) in [4.78, 5) is 23.0. The molecule has 100 valence electrons. The van der Waals surface area contributed by atoms with Gasteiger partial charge in [0.05, 0.1) is 13.2 Å². The van der Waals surface area contributed by atoms with Crippen LogP contribution < -0.4 is 0 Å². The molecular formula is C11H15BrN2O4. The topological polar surface area (TPSA) is 70.4 Å². The predicted octanol–water partition coefficient (Wildman–Crippen LogP) is 2.15. The molecule has 6 nitrogen and oxygen atoms in total. The van der Waals surface area contributed by atoms with Crippen molar-refractivity contribution in [2.45, 2.75) is 25.7 Å². The zero-order chi connectivity index (χ0) is 13.7. The van der Waals surface area contributed by atoms with Crippen molar-refractivity contribution in [3.05, 3.63) is 17.5 Å². The average Bonchev–Trinajstić information content (AvgIpc) is 2.74. The number of aromatic nitrogens is 2. The Morgan fingerprint density at radius 2 is 1.89 bits per heavy atom. The zero-order valence-corrected chi connectivity index (χ0v) is 12.1. The summed E-state index contributed by atoms with van der Waals surface area (Å²) < 4.78 is 11.1. The molecule has 1 unspecified atom stereocenters. The van der Waals surface area contributed by atoms with Gasteiger partial charge < -0.3 is 9.47 Å². The van der Waals surface area contributed by atoms with Gasteiger partial charge in [-0.2, -0.15) is 5.10 Å². The van der Waals surface area contributed by atoms with Gasteiger partial charge in [-0.25, -0.2) is 14.3 Å². The first-order valence-electron chi connectivity index (χ1n) is 5.59. The molecule has 0 aliphatic carbocycles. The lowest BCUT2D eigenvalue weighted by Crippen LogP contribution is -2.13. The Labute approximate surface area is 113 Å². The van der Waals surface area contributed by atoms with Crippen molar-refractivity contribution in [1.29, 1.82) is 0 Å². The molecule has 0 saturated heterocycles. The molecule has 1 atom stereocenters. The predicted molar refractivity (Wildman–Crippen MR) is 67.8 cm³/mol. The van der Waals surface area contributed by atoms with Crippen LogP contribution in [-0.4, -0.2) is 34.9 Å². The van der Waals surface area contributed by atoms with Gasteiger partial charge in [0.1, 0.15) is 10.6 Å². The molecule has 0 fully saturated rings. The maximum absolute atomic E-state index is 11.7. The molecule has 1 rings (SSSR count). The molecule has 0 saturated carbocycles. The number of hydrogen-bond donors (Lipinski definition) is 0. The highest BCUT2D eigenvalue weighted by Crippen LogP contribution is 2.18. The van der Waals surface area contributed by atoms with Gasteiger partial charge in [-0.3, -0.25) is 0 Å². The average molecular weight is 319 g/mol. The number of alkyl halides is 1. The van der Waals surface area contributed by atoms with E-state index < -0.39 is 11.9 Å². The van der Waals surface area contributed by atoms with E-state index >= 15 is 0 Å². The van der Waals surface area contributed by atoms with Gasteiger partial charge in [-0.1, -0.05) is 15.9 Å². The third-order valence-corrected chi connectivity index (χ3v) is 2.43. The van der Waals surface area contributed by atoms with Crippen LogP contribution in [0.4, 0.5) is 0 Å². The fourth-order valence-electron chi connectivity index (χ4n) is 1.33. The van der Waals surface area contributed by atoms with E-state index in [1.165, 1.54) is 10.7 Å². The Balaban J connectivity index is 3.08. The molecule has 1 aromatic rings. The van der Waals surface area contributed by atoms with E-state index in [1.54, 1.807) is 20.8 Å². The number of halogens is 1. The lowest BCUT2D eigenvalue weighted by atomic mass is 10.3. The first kappa shape index (κ1) is 14.7. The highest BCUT2D eigenvalue weighted by Gasteiger charge is 2.22. The van der Waals surface area contributed by atoms with Gasteiger partial charge in [0.25, 0.3) is 0 Å². The van der Waals surface area contributed by atoms with Crippen molar-refractivity contribution in [2.24, 2.45) is 0 Å². The van der Waals surface area contributed by atoms with Gasteiger partial charge in [-0.05, 0) is 20.8 Å². The van der Waals surface area contributed by atoms with Crippen molar-refractivity contribution in [1.82, 2.24) is 9.78 Å². The summed E-state index contributed by atoms with van der Waals surface area (Å²) in [6.45, 7) is 5.71. The largest absolute Gasteiger partial charge is 0.461 e. The van der Waals surface area contributed by atoms with E-state index in [0.29, 0.717) is 0 Å². The van der Waals surface area contributed by atoms with Crippen LogP contribution in [0.3, 0.4) is 0 Å². The van der Waals surface area contributed by atoms with Crippen molar-refractivity contribution in [3.8, 4) is 0 Å². The SMILES string of the molecule is CCOC(=O)c1cc(C(=O)OCC)n(C(C)Br)n1. The molecule has 7 heteroatoms. The van der Waals surface area contributed by atoms with Crippen LogP contribution in [-0.2, 0) is 9.47 Å². The maximum Gasteiger partial charge on any atom is 0.358 e. The number of carbonyl (C=O) groups excluding carboxylic acids is 2. The zero-order valence-electron chi connectivity index (χ0n) is 10.5. The monoisotopic (exact) mass is 318 g/mol. The summed E-state index contributed by atoms with van der Waals surface area (Å²) in [6, 6.07) is 1.37. The first-order chi connectivity index (χ1) is 8.51. The van der Waals surface area contributed by atoms with E-state index in [4.69, 9.17) is 9.47 Å². The van der Waals surface area contributed by atoms with E-state index in [0.717, 1.165) is 0 Å². The number of nitrogens with zero attached hydrogens (tertiary/aromatic N) is 2. The summed E-state index contributed by atoms with van der Waals surface area (Å²) >= 11 is 3.29. The summed E-state index contributed by atoms with van der Waals surface area (Å²) in [5, 5.41) is 4.03. The number of hydrogen-bond acceptors (Lipinski definition) is 5. The van der Waals surface area contributed by atoms with Gasteiger partial charge >= 0.3 is 11.9 Å². The maximum atomic E-state index is 11.7. The van der Waals surface area contributed by atoms with E-state index in [9.17, 15) is 9.59 Å². The Hall–Kier alpha value is -1.37. The lowest BCUT2D eigenvalue weighted by Gasteiger charge is -2.08. The summed E-state index contributed by atoms with van der Waals surface area (Å²) in [6.07, 6.45) is 0. The van der Waals surface area contributed by atoms with E-state index in [1.807, 2.05) is 0 Å². The molecule has 1 aromatic heterocycles. The molecule has 0 aromatic carbocycles. The molecule has 1 heterocycles. The lowest BCUT2D eigenvalue weighted by molar-refractivity contribution is 0.0506. The van der Waals surface area contributed by atoms with Gasteiger partial charge in [-0.15, -0.1) is 0 Å².